The van der Waals surface area contributed by atoms with Crippen LogP contribution in [0.25, 0.3) is 0 Å². The molecule has 31 heavy (non-hydrogen) atoms. The number of rotatable bonds is 8. The summed E-state index contributed by atoms with van der Waals surface area (Å²) in [5, 5.41) is 2.70. The van der Waals surface area contributed by atoms with Gasteiger partial charge in [0.1, 0.15) is 6.54 Å². The predicted octanol–water partition coefficient (Wildman–Crippen LogP) is 1.73. The van der Waals surface area contributed by atoms with Crippen LogP contribution >= 0.6 is 0 Å². The van der Waals surface area contributed by atoms with Crippen LogP contribution in [-0.2, 0) is 24.3 Å². The first-order chi connectivity index (χ1) is 14.7. The lowest BCUT2D eigenvalue weighted by Crippen LogP contribution is -2.34. The van der Waals surface area contributed by atoms with Crippen LogP contribution in [0.15, 0.2) is 41.3 Å². The van der Waals surface area contributed by atoms with Gasteiger partial charge in [-0.15, -0.1) is 0 Å². The minimum atomic E-state index is -3.87. The average Bonchev–Trinajstić information content (AvgIpc) is 3.20. The third-order valence-electron chi connectivity index (χ3n) is 4.83. The van der Waals surface area contributed by atoms with Crippen molar-refractivity contribution in [1.29, 1.82) is 0 Å². The molecule has 1 aliphatic heterocycles. The third kappa shape index (κ3) is 5.74. The van der Waals surface area contributed by atoms with Crippen molar-refractivity contribution in [3.63, 3.8) is 0 Å². The van der Waals surface area contributed by atoms with Crippen LogP contribution in [0.2, 0.25) is 0 Å². The summed E-state index contributed by atoms with van der Waals surface area (Å²) in [6, 6.07) is 9.63. The number of benzene rings is 2. The Hall–Kier alpha value is -3.11. The van der Waals surface area contributed by atoms with Crippen molar-refractivity contribution in [2.24, 2.45) is 0 Å². The van der Waals surface area contributed by atoms with Gasteiger partial charge in [0.2, 0.25) is 16.8 Å². The zero-order valence-electron chi connectivity index (χ0n) is 17.4. The molecule has 0 bridgehead atoms. The van der Waals surface area contributed by atoms with Gasteiger partial charge in [-0.3, -0.25) is 9.59 Å². The summed E-state index contributed by atoms with van der Waals surface area (Å²) in [7, 11) is -3.87. The van der Waals surface area contributed by atoms with Crippen LogP contribution < -0.4 is 19.5 Å². The van der Waals surface area contributed by atoms with Crippen molar-refractivity contribution in [1.82, 2.24) is 10.0 Å². The Morgan fingerprint density at radius 2 is 1.81 bits per heavy atom. The number of esters is 1. The summed E-state index contributed by atoms with van der Waals surface area (Å²) in [6.07, 6.45) is 0. The minimum absolute atomic E-state index is 0.0543. The number of aryl methyl sites for hydroxylation is 2. The van der Waals surface area contributed by atoms with Crippen molar-refractivity contribution in [2.45, 2.75) is 31.7 Å². The van der Waals surface area contributed by atoms with Gasteiger partial charge in [-0.25, -0.2) is 8.42 Å². The molecule has 1 aliphatic rings. The molecule has 1 atom stereocenters. The Labute approximate surface area is 180 Å². The number of carbonyl (C=O) groups excluding carboxylic acids is 2. The molecule has 0 aromatic heterocycles. The van der Waals surface area contributed by atoms with E-state index in [-0.39, 0.29) is 17.7 Å². The van der Waals surface area contributed by atoms with Crippen molar-refractivity contribution >= 4 is 21.9 Å². The molecule has 0 saturated carbocycles. The molecule has 0 fully saturated rings. The van der Waals surface area contributed by atoms with Crippen LogP contribution in [0, 0.1) is 13.8 Å². The van der Waals surface area contributed by atoms with Gasteiger partial charge in [0.25, 0.3) is 5.91 Å². The van der Waals surface area contributed by atoms with E-state index in [2.05, 4.69) is 10.0 Å². The van der Waals surface area contributed by atoms with E-state index in [0.29, 0.717) is 11.5 Å². The first-order valence-electron chi connectivity index (χ1n) is 9.57. The van der Waals surface area contributed by atoms with Gasteiger partial charge in [-0.2, -0.15) is 4.72 Å². The topological polar surface area (TPSA) is 120 Å². The highest BCUT2D eigenvalue weighted by Gasteiger charge is 2.19. The SMILES string of the molecule is Cc1ccc(S(=O)(=O)NCC(=O)OCC(=O)NC(C)c2ccc3c(c2)OCO3)cc1C. The number of hydrogen-bond acceptors (Lipinski definition) is 7. The molecule has 2 aromatic carbocycles. The zero-order chi connectivity index (χ0) is 22.6. The lowest BCUT2D eigenvalue weighted by atomic mass is 10.1. The summed E-state index contributed by atoms with van der Waals surface area (Å²) >= 11 is 0. The van der Waals surface area contributed by atoms with E-state index in [0.717, 1.165) is 16.7 Å². The van der Waals surface area contributed by atoms with Crippen molar-refractivity contribution < 1.29 is 32.2 Å². The molecule has 2 aromatic rings. The van der Waals surface area contributed by atoms with E-state index < -0.39 is 35.1 Å². The van der Waals surface area contributed by atoms with Crippen molar-refractivity contribution in [2.75, 3.05) is 19.9 Å². The zero-order valence-corrected chi connectivity index (χ0v) is 18.2. The summed E-state index contributed by atoms with van der Waals surface area (Å²) in [6.45, 7) is 4.48. The van der Waals surface area contributed by atoms with Crippen LogP contribution in [-0.4, -0.2) is 40.2 Å². The number of fused-ring (bicyclic) bond motifs is 1. The molecule has 1 heterocycles. The maximum absolute atomic E-state index is 12.3. The molecule has 1 unspecified atom stereocenters. The number of ether oxygens (including phenoxy) is 3. The van der Waals surface area contributed by atoms with Gasteiger partial charge in [0, 0.05) is 0 Å². The van der Waals surface area contributed by atoms with E-state index in [4.69, 9.17) is 14.2 Å². The molecular weight excluding hydrogens is 424 g/mol. The standard InChI is InChI=1S/C21H24N2O7S/c1-13-4-6-17(8-14(13)2)31(26,27)22-10-21(25)28-11-20(24)23-15(3)16-5-7-18-19(9-16)30-12-29-18/h4-9,15,22H,10-12H2,1-3H3,(H,23,24). The average molecular weight is 448 g/mol. The number of sulfonamides is 1. The Kier molecular flexibility index (Phi) is 6.81. The van der Waals surface area contributed by atoms with Gasteiger partial charge in [0.15, 0.2) is 18.1 Å². The van der Waals surface area contributed by atoms with Gasteiger partial charge in [-0.1, -0.05) is 12.1 Å². The maximum atomic E-state index is 12.3. The summed E-state index contributed by atoms with van der Waals surface area (Å²) in [5.74, 6) is -0.144. The lowest BCUT2D eigenvalue weighted by molar-refractivity contribution is -0.147. The van der Waals surface area contributed by atoms with Crippen LogP contribution in [0.3, 0.4) is 0 Å². The molecule has 0 radical (unpaired) electrons. The highest BCUT2D eigenvalue weighted by molar-refractivity contribution is 7.89. The maximum Gasteiger partial charge on any atom is 0.321 e. The minimum Gasteiger partial charge on any atom is -0.455 e. The third-order valence-corrected chi connectivity index (χ3v) is 6.23. The second-order valence-corrected chi connectivity index (χ2v) is 8.90. The summed E-state index contributed by atoms with van der Waals surface area (Å²) in [4.78, 5) is 24.0. The predicted molar refractivity (Wildman–Crippen MR) is 111 cm³/mol. The smallest absolute Gasteiger partial charge is 0.321 e. The fourth-order valence-electron chi connectivity index (χ4n) is 2.86. The molecule has 2 N–H and O–H groups in total. The summed E-state index contributed by atoms with van der Waals surface area (Å²) < 4.78 is 42.2. The number of amides is 1. The van der Waals surface area contributed by atoms with E-state index in [9.17, 15) is 18.0 Å². The Morgan fingerprint density at radius 3 is 2.55 bits per heavy atom. The van der Waals surface area contributed by atoms with Gasteiger partial charge in [0.05, 0.1) is 10.9 Å². The first-order valence-corrected chi connectivity index (χ1v) is 11.1. The quantitative estimate of drug-likeness (QED) is 0.590. The van der Waals surface area contributed by atoms with E-state index >= 15 is 0 Å². The molecule has 166 valence electrons. The van der Waals surface area contributed by atoms with Crippen molar-refractivity contribution in [3.05, 3.63) is 53.1 Å². The molecule has 1 amide bonds. The number of hydrogen-bond donors (Lipinski definition) is 2. The lowest BCUT2D eigenvalue weighted by Gasteiger charge is -2.15. The number of carbonyl (C=O) groups is 2. The van der Waals surface area contributed by atoms with Gasteiger partial charge >= 0.3 is 5.97 Å². The second kappa shape index (κ2) is 9.36. The van der Waals surface area contributed by atoms with Crippen LogP contribution in [0.1, 0.15) is 29.7 Å². The highest BCUT2D eigenvalue weighted by Crippen LogP contribution is 2.34. The molecule has 9 nitrogen and oxygen atoms in total. The van der Waals surface area contributed by atoms with Crippen LogP contribution in [0.4, 0.5) is 0 Å². The monoisotopic (exact) mass is 448 g/mol. The van der Waals surface area contributed by atoms with E-state index in [1.165, 1.54) is 12.1 Å². The van der Waals surface area contributed by atoms with Crippen molar-refractivity contribution in [3.8, 4) is 11.5 Å². The Bertz CT molecular complexity index is 1100. The normalized spacial score (nSPS) is 13.5. The highest BCUT2D eigenvalue weighted by atomic mass is 32.2. The summed E-state index contributed by atoms with van der Waals surface area (Å²) in [5.41, 5.74) is 2.57. The fraction of sp³-hybridized carbons (Fsp3) is 0.333. The molecule has 3 rings (SSSR count). The molecule has 10 heteroatoms. The van der Waals surface area contributed by atoms with E-state index in [1.807, 2.05) is 6.92 Å². The Morgan fingerprint density at radius 1 is 1.06 bits per heavy atom. The molecule has 0 saturated heterocycles. The van der Waals surface area contributed by atoms with Gasteiger partial charge < -0.3 is 19.5 Å². The Balaban J connectivity index is 1.45. The number of nitrogens with one attached hydrogen (secondary N) is 2. The van der Waals surface area contributed by atoms with Gasteiger partial charge in [-0.05, 0) is 61.7 Å². The first kappa shape index (κ1) is 22.6. The van der Waals surface area contributed by atoms with E-state index in [1.54, 1.807) is 38.1 Å². The largest absolute Gasteiger partial charge is 0.455 e. The second-order valence-electron chi connectivity index (χ2n) is 7.13. The fourth-order valence-corrected chi connectivity index (χ4v) is 3.92. The molecule has 0 aliphatic carbocycles. The molecule has 0 spiro atoms. The molecular formula is C21H24N2O7S. The van der Waals surface area contributed by atoms with Crippen LogP contribution in [0.5, 0.6) is 11.5 Å².